The maximum absolute atomic E-state index is 12.5. The molecule has 2 aromatic carbocycles. The molecule has 0 spiro atoms. The molecule has 4 nitrogen and oxygen atoms in total. The van der Waals surface area contributed by atoms with Crippen LogP contribution in [0.15, 0.2) is 48.5 Å². The van der Waals surface area contributed by atoms with Crippen molar-refractivity contribution in [2.24, 2.45) is 5.92 Å². The highest BCUT2D eigenvalue weighted by molar-refractivity contribution is 5.91. The van der Waals surface area contributed by atoms with E-state index in [2.05, 4.69) is 36.5 Å². The second kappa shape index (κ2) is 8.75. The molecular formula is C22H28N2O2. The van der Waals surface area contributed by atoms with Gasteiger partial charge in [0.05, 0.1) is 12.8 Å². The number of aryl methyl sites for hydroxylation is 2. The smallest absolute Gasteiger partial charge is 0.321 e. The number of anilines is 1. The summed E-state index contributed by atoms with van der Waals surface area (Å²) in [5, 5.41) is 2.97. The minimum atomic E-state index is -0.0357. The number of para-hydroxylation sites is 2. The second-order valence-electron chi connectivity index (χ2n) is 7.09. The van der Waals surface area contributed by atoms with Crippen molar-refractivity contribution >= 4 is 11.7 Å². The number of ether oxygens (including phenoxy) is 1. The van der Waals surface area contributed by atoms with E-state index in [1.807, 2.05) is 29.2 Å². The fourth-order valence-electron chi connectivity index (χ4n) is 3.49. The molecule has 0 radical (unpaired) electrons. The number of urea groups is 1. The first kappa shape index (κ1) is 18.3. The largest absolute Gasteiger partial charge is 0.495 e. The summed E-state index contributed by atoms with van der Waals surface area (Å²) in [7, 11) is 1.62. The topological polar surface area (TPSA) is 41.6 Å². The molecule has 4 heteroatoms. The monoisotopic (exact) mass is 352 g/mol. The molecule has 1 fully saturated rings. The van der Waals surface area contributed by atoms with Gasteiger partial charge in [-0.2, -0.15) is 0 Å². The van der Waals surface area contributed by atoms with Crippen LogP contribution in [0.4, 0.5) is 10.5 Å². The van der Waals surface area contributed by atoms with Crippen molar-refractivity contribution in [2.75, 3.05) is 25.5 Å². The van der Waals surface area contributed by atoms with E-state index in [0.29, 0.717) is 11.7 Å². The molecule has 2 amide bonds. The van der Waals surface area contributed by atoms with Crippen molar-refractivity contribution < 1.29 is 9.53 Å². The number of rotatable bonds is 5. The summed E-state index contributed by atoms with van der Waals surface area (Å²) in [4.78, 5) is 14.4. The molecule has 1 aliphatic rings. The van der Waals surface area contributed by atoms with E-state index in [1.54, 1.807) is 7.11 Å². The van der Waals surface area contributed by atoms with E-state index >= 15 is 0 Å². The van der Waals surface area contributed by atoms with Gasteiger partial charge in [-0.25, -0.2) is 4.79 Å². The molecule has 1 aliphatic heterocycles. The van der Waals surface area contributed by atoms with Gasteiger partial charge in [0, 0.05) is 13.1 Å². The lowest BCUT2D eigenvalue weighted by molar-refractivity contribution is 0.180. The maximum Gasteiger partial charge on any atom is 0.321 e. The Morgan fingerprint density at radius 2 is 1.81 bits per heavy atom. The van der Waals surface area contributed by atoms with Gasteiger partial charge in [0.1, 0.15) is 5.75 Å². The van der Waals surface area contributed by atoms with E-state index in [0.717, 1.165) is 38.0 Å². The molecule has 0 aromatic heterocycles. The number of methoxy groups -OCH3 is 1. The van der Waals surface area contributed by atoms with Crippen molar-refractivity contribution in [1.82, 2.24) is 4.90 Å². The SMILES string of the molecule is COc1ccccc1NC(=O)N1CCC(CCc2ccc(C)cc2)CC1. The van der Waals surface area contributed by atoms with Gasteiger partial charge in [-0.05, 0) is 56.2 Å². The highest BCUT2D eigenvalue weighted by Gasteiger charge is 2.23. The van der Waals surface area contributed by atoms with Gasteiger partial charge in [-0.1, -0.05) is 42.0 Å². The Kier molecular flexibility index (Phi) is 6.16. The summed E-state index contributed by atoms with van der Waals surface area (Å²) in [5.74, 6) is 1.39. The van der Waals surface area contributed by atoms with Crippen LogP contribution in [-0.2, 0) is 6.42 Å². The number of nitrogens with zero attached hydrogens (tertiary/aromatic N) is 1. The summed E-state index contributed by atoms with van der Waals surface area (Å²) >= 11 is 0. The molecule has 0 atom stereocenters. The highest BCUT2D eigenvalue weighted by Crippen LogP contribution is 2.26. The summed E-state index contributed by atoms with van der Waals surface area (Å²) < 4.78 is 5.30. The van der Waals surface area contributed by atoms with Gasteiger partial charge in [0.15, 0.2) is 0 Å². The van der Waals surface area contributed by atoms with Crippen molar-refractivity contribution in [2.45, 2.75) is 32.6 Å². The lowest BCUT2D eigenvalue weighted by atomic mass is 9.90. The molecule has 1 saturated heterocycles. The molecule has 1 N–H and O–H groups in total. The third-order valence-electron chi connectivity index (χ3n) is 5.21. The summed E-state index contributed by atoms with van der Waals surface area (Å²) in [5.41, 5.74) is 3.44. The lowest BCUT2D eigenvalue weighted by Crippen LogP contribution is -2.41. The fourth-order valence-corrected chi connectivity index (χ4v) is 3.49. The number of piperidine rings is 1. The third-order valence-corrected chi connectivity index (χ3v) is 5.21. The number of hydrogen-bond acceptors (Lipinski definition) is 2. The van der Waals surface area contributed by atoms with E-state index in [4.69, 9.17) is 4.74 Å². The van der Waals surface area contributed by atoms with E-state index in [-0.39, 0.29) is 6.03 Å². The van der Waals surface area contributed by atoms with Crippen molar-refractivity contribution in [3.8, 4) is 5.75 Å². The maximum atomic E-state index is 12.5. The van der Waals surface area contributed by atoms with Crippen LogP contribution in [0.2, 0.25) is 0 Å². The van der Waals surface area contributed by atoms with Crippen LogP contribution in [0.25, 0.3) is 0 Å². The lowest BCUT2D eigenvalue weighted by Gasteiger charge is -2.32. The quantitative estimate of drug-likeness (QED) is 0.833. The summed E-state index contributed by atoms with van der Waals surface area (Å²) in [6.07, 6.45) is 4.47. The predicted octanol–water partition coefficient (Wildman–Crippen LogP) is 4.88. The first-order chi connectivity index (χ1) is 12.7. The highest BCUT2D eigenvalue weighted by atomic mass is 16.5. The number of hydrogen-bond donors (Lipinski definition) is 1. The Hall–Kier alpha value is -2.49. The Labute approximate surface area is 156 Å². The number of carbonyl (C=O) groups is 1. The van der Waals surface area contributed by atoms with Crippen molar-refractivity contribution in [3.63, 3.8) is 0 Å². The van der Waals surface area contributed by atoms with Crippen LogP contribution in [0.5, 0.6) is 5.75 Å². The van der Waals surface area contributed by atoms with E-state index in [1.165, 1.54) is 17.5 Å². The average molecular weight is 352 g/mol. The Balaban J connectivity index is 1.45. The second-order valence-corrected chi connectivity index (χ2v) is 7.09. The number of nitrogens with one attached hydrogen (secondary N) is 1. The Morgan fingerprint density at radius 3 is 2.50 bits per heavy atom. The molecule has 3 rings (SSSR count). The fraction of sp³-hybridized carbons (Fsp3) is 0.409. The number of amides is 2. The van der Waals surface area contributed by atoms with E-state index in [9.17, 15) is 4.79 Å². The summed E-state index contributed by atoms with van der Waals surface area (Å²) in [6.45, 7) is 3.76. The zero-order valence-electron chi connectivity index (χ0n) is 15.7. The molecule has 0 unspecified atom stereocenters. The normalized spacial score (nSPS) is 14.9. The third kappa shape index (κ3) is 4.78. The zero-order valence-corrected chi connectivity index (χ0v) is 15.7. The van der Waals surface area contributed by atoms with Gasteiger partial charge in [-0.15, -0.1) is 0 Å². The van der Waals surface area contributed by atoms with Gasteiger partial charge in [0.2, 0.25) is 0 Å². The van der Waals surface area contributed by atoms with Crippen LogP contribution >= 0.6 is 0 Å². The molecule has 138 valence electrons. The van der Waals surface area contributed by atoms with Gasteiger partial charge < -0.3 is 15.0 Å². The Morgan fingerprint density at radius 1 is 1.12 bits per heavy atom. The van der Waals surface area contributed by atoms with Gasteiger partial charge >= 0.3 is 6.03 Å². The van der Waals surface area contributed by atoms with Crippen LogP contribution < -0.4 is 10.1 Å². The minimum Gasteiger partial charge on any atom is -0.495 e. The van der Waals surface area contributed by atoms with Crippen LogP contribution in [0, 0.1) is 12.8 Å². The zero-order chi connectivity index (χ0) is 18.4. The Bertz CT molecular complexity index is 719. The molecule has 26 heavy (non-hydrogen) atoms. The standard InChI is InChI=1S/C22H28N2O2/c1-17-7-9-18(10-8-17)11-12-19-13-15-24(16-14-19)22(25)23-20-5-3-4-6-21(20)26-2/h3-10,19H,11-16H2,1-2H3,(H,23,25). The van der Waals surface area contributed by atoms with E-state index < -0.39 is 0 Å². The minimum absolute atomic E-state index is 0.0357. The molecule has 0 saturated carbocycles. The molecule has 0 aliphatic carbocycles. The molecular weight excluding hydrogens is 324 g/mol. The van der Waals surface area contributed by atoms with Crippen molar-refractivity contribution in [1.29, 1.82) is 0 Å². The van der Waals surface area contributed by atoms with Gasteiger partial charge in [-0.3, -0.25) is 0 Å². The number of carbonyl (C=O) groups excluding carboxylic acids is 1. The first-order valence-corrected chi connectivity index (χ1v) is 9.40. The van der Waals surface area contributed by atoms with Gasteiger partial charge in [0.25, 0.3) is 0 Å². The number of benzene rings is 2. The summed E-state index contributed by atoms with van der Waals surface area (Å²) in [6, 6.07) is 16.3. The van der Waals surface area contributed by atoms with Crippen molar-refractivity contribution in [3.05, 3.63) is 59.7 Å². The molecule has 2 aromatic rings. The average Bonchev–Trinajstić information content (AvgIpc) is 2.68. The molecule has 0 bridgehead atoms. The van der Waals surface area contributed by atoms with Crippen LogP contribution in [-0.4, -0.2) is 31.1 Å². The predicted molar refractivity (Wildman–Crippen MR) is 106 cm³/mol. The first-order valence-electron chi connectivity index (χ1n) is 9.40. The number of likely N-dealkylation sites (tertiary alicyclic amines) is 1. The van der Waals surface area contributed by atoms with Crippen LogP contribution in [0.1, 0.15) is 30.4 Å². The van der Waals surface area contributed by atoms with Crippen LogP contribution in [0.3, 0.4) is 0 Å². The molecule has 1 heterocycles.